The van der Waals surface area contributed by atoms with E-state index in [1.54, 1.807) is 19.1 Å². The van der Waals surface area contributed by atoms with Crippen LogP contribution in [-0.2, 0) is 15.7 Å². The van der Waals surface area contributed by atoms with Gasteiger partial charge in [0.2, 0.25) is 0 Å². The van der Waals surface area contributed by atoms with Crippen LogP contribution in [0, 0.1) is 19.8 Å². The van der Waals surface area contributed by atoms with Gasteiger partial charge < -0.3 is 15.4 Å². The third kappa shape index (κ3) is 6.88. The van der Waals surface area contributed by atoms with Crippen molar-refractivity contribution >= 4 is 17.7 Å². The molecular weight excluding hydrogens is 523 g/mol. The number of hydrogen-bond donors (Lipinski definition) is 2. The highest BCUT2D eigenvalue weighted by molar-refractivity contribution is 5.95. The van der Waals surface area contributed by atoms with Gasteiger partial charge in [0.25, 0.3) is 5.91 Å². The average molecular weight is 556 g/mol. The first-order valence-electron chi connectivity index (χ1n) is 13.2. The molecule has 2 N–H and O–H groups in total. The van der Waals surface area contributed by atoms with E-state index in [9.17, 15) is 22.8 Å². The summed E-state index contributed by atoms with van der Waals surface area (Å²) in [6.07, 6.45) is 5.53. The van der Waals surface area contributed by atoms with Crippen LogP contribution in [0.4, 0.5) is 19.0 Å². The van der Waals surface area contributed by atoms with Gasteiger partial charge in [0.05, 0.1) is 35.7 Å². The maximum Gasteiger partial charge on any atom is 0.419 e. The summed E-state index contributed by atoms with van der Waals surface area (Å²) in [6, 6.07) is 7.28. The molecule has 1 aliphatic carbocycles. The Bertz CT molecular complexity index is 1350. The maximum atomic E-state index is 13.1. The molecule has 212 valence electrons. The van der Waals surface area contributed by atoms with E-state index in [0.717, 1.165) is 60.8 Å². The molecule has 3 aromatic rings. The molecule has 1 unspecified atom stereocenters. The van der Waals surface area contributed by atoms with Crippen LogP contribution in [0.5, 0.6) is 0 Å². The van der Waals surface area contributed by atoms with Crippen molar-refractivity contribution in [1.82, 2.24) is 20.1 Å². The van der Waals surface area contributed by atoms with Crippen molar-refractivity contribution in [2.75, 3.05) is 11.9 Å². The number of nitrogens with zero attached hydrogens (tertiary/aromatic N) is 3. The number of hydrogen-bond acceptors (Lipinski definition) is 6. The van der Waals surface area contributed by atoms with Gasteiger partial charge in [-0.3, -0.25) is 4.79 Å². The number of carbonyl (C=O) groups is 2. The number of nitrogens with one attached hydrogen (secondary N) is 2. The van der Waals surface area contributed by atoms with Gasteiger partial charge >= 0.3 is 12.1 Å². The number of halogens is 3. The molecule has 0 aliphatic heterocycles. The third-order valence-corrected chi connectivity index (χ3v) is 6.93. The zero-order valence-corrected chi connectivity index (χ0v) is 22.6. The number of aryl methyl sites for hydroxylation is 2. The second kappa shape index (κ2) is 12.4. The molecule has 1 atom stereocenters. The van der Waals surface area contributed by atoms with Crippen molar-refractivity contribution in [1.29, 1.82) is 0 Å². The van der Waals surface area contributed by atoms with Crippen LogP contribution in [0.3, 0.4) is 0 Å². The van der Waals surface area contributed by atoms with Gasteiger partial charge in [0, 0.05) is 24.7 Å². The molecule has 0 saturated heterocycles. The Morgan fingerprint density at radius 3 is 2.42 bits per heavy atom. The van der Waals surface area contributed by atoms with Crippen molar-refractivity contribution in [3.8, 4) is 5.69 Å². The normalized spacial score (nSPS) is 14.8. The van der Waals surface area contributed by atoms with E-state index in [1.807, 2.05) is 26.0 Å². The molecule has 4 rings (SSSR count). The largest absolute Gasteiger partial charge is 0.463 e. The molecule has 1 saturated carbocycles. The zero-order valence-electron chi connectivity index (χ0n) is 22.6. The number of benzene rings is 1. The Labute approximate surface area is 230 Å². The highest BCUT2D eigenvalue weighted by atomic mass is 19.4. The lowest BCUT2D eigenvalue weighted by atomic mass is 9.89. The van der Waals surface area contributed by atoms with Crippen LogP contribution >= 0.6 is 0 Å². The Balaban J connectivity index is 1.53. The van der Waals surface area contributed by atoms with Gasteiger partial charge in [-0.25, -0.2) is 14.5 Å². The zero-order chi connectivity index (χ0) is 28.9. The fourth-order valence-corrected chi connectivity index (χ4v) is 5.12. The van der Waals surface area contributed by atoms with Crippen LogP contribution in [0.2, 0.25) is 0 Å². The smallest absolute Gasteiger partial charge is 0.419 e. The lowest BCUT2D eigenvalue weighted by Gasteiger charge is -2.27. The van der Waals surface area contributed by atoms with Crippen LogP contribution in [-0.4, -0.2) is 33.2 Å². The van der Waals surface area contributed by atoms with Gasteiger partial charge in [0.15, 0.2) is 0 Å². The second-order valence-electron chi connectivity index (χ2n) is 9.83. The average Bonchev–Trinajstić information content (AvgIpc) is 3.60. The first-order valence-corrected chi connectivity index (χ1v) is 13.2. The Hall–Kier alpha value is -4.15. The van der Waals surface area contributed by atoms with Crippen molar-refractivity contribution in [2.45, 2.75) is 58.7 Å². The van der Waals surface area contributed by atoms with E-state index in [2.05, 4.69) is 20.7 Å². The summed E-state index contributed by atoms with van der Waals surface area (Å²) in [5.41, 5.74) is 2.79. The van der Waals surface area contributed by atoms with E-state index >= 15 is 0 Å². The maximum absolute atomic E-state index is 13.1. The summed E-state index contributed by atoms with van der Waals surface area (Å²) >= 11 is 0. The molecule has 2 heterocycles. The van der Waals surface area contributed by atoms with E-state index in [-0.39, 0.29) is 12.6 Å². The molecule has 1 fully saturated rings. The lowest BCUT2D eigenvalue weighted by Crippen LogP contribution is -2.21. The van der Waals surface area contributed by atoms with Crippen molar-refractivity contribution in [2.24, 2.45) is 5.92 Å². The molecule has 11 heteroatoms. The molecule has 0 spiro atoms. The van der Waals surface area contributed by atoms with Crippen LogP contribution in [0.25, 0.3) is 5.69 Å². The number of pyridine rings is 1. The Morgan fingerprint density at radius 2 is 1.85 bits per heavy atom. The highest BCUT2D eigenvalue weighted by Crippen LogP contribution is 2.39. The second-order valence-corrected chi connectivity index (χ2v) is 9.83. The predicted octanol–water partition coefficient (Wildman–Crippen LogP) is 6.05. The third-order valence-electron chi connectivity index (χ3n) is 6.93. The van der Waals surface area contributed by atoms with Gasteiger partial charge in [-0.1, -0.05) is 25.0 Å². The number of anilines is 1. The van der Waals surface area contributed by atoms with E-state index in [1.165, 1.54) is 17.1 Å². The standard InChI is InChI=1S/C29H32F3N5O3/c1-4-40-25(38)11-12-33-28(39)21-9-10-24(34-15-21)36-26(20-7-5-6-8-20)22-13-18(2)27(19(3)14-22)37-17-23(16-35-37)29(30,31)32/h9-17,20,26H,4-8H2,1-3H3,(H,33,39)(H,34,36). The molecule has 1 amide bonds. The highest BCUT2D eigenvalue weighted by Gasteiger charge is 2.33. The minimum atomic E-state index is -4.46. The first-order chi connectivity index (χ1) is 19.1. The summed E-state index contributed by atoms with van der Waals surface area (Å²) < 4.78 is 45.5. The van der Waals surface area contributed by atoms with Crippen molar-refractivity contribution in [3.05, 3.63) is 82.9 Å². The Kier molecular flexibility index (Phi) is 8.91. The van der Waals surface area contributed by atoms with Gasteiger partial charge in [-0.15, -0.1) is 0 Å². The molecule has 0 bridgehead atoms. The fraction of sp³-hybridized carbons (Fsp3) is 0.379. The monoisotopic (exact) mass is 555 g/mol. The number of ether oxygens (including phenoxy) is 1. The summed E-state index contributed by atoms with van der Waals surface area (Å²) in [5.74, 6) is -0.0190. The molecule has 2 aromatic heterocycles. The predicted molar refractivity (Wildman–Crippen MR) is 144 cm³/mol. The van der Waals surface area contributed by atoms with Gasteiger partial charge in [-0.05, 0) is 68.4 Å². The van der Waals surface area contributed by atoms with Crippen LogP contribution in [0.15, 0.2) is 55.1 Å². The minimum Gasteiger partial charge on any atom is -0.463 e. The molecular formula is C29H32F3N5O3. The van der Waals surface area contributed by atoms with Gasteiger partial charge in [-0.2, -0.15) is 18.3 Å². The van der Waals surface area contributed by atoms with Crippen LogP contribution in [0.1, 0.15) is 71.3 Å². The molecule has 8 nitrogen and oxygen atoms in total. The quantitative estimate of drug-likeness (QED) is 0.246. The summed E-state index contributed by atoms with van der Waals surface area (Å²) in [5, 5.41) is 10.00. The number of rotatable bonds is 9. The van der Waals surface area contributed by atoms with Crippen LogP contribution < -0.4 is 10.6 Å². The number of amides is 1. The Morgan fingerprint density at radius 1 is 1.15 bits per heavy atom. The SMILES string of the molecule is CCOC(=O)C=CNC(=O)c1ccc(NC(c2cc(C)c(-n3cc(C(F)(F)F)cn3)c(C)c2)C2CCCC2)nc1. The lowest BCUT2D eigenvalue weighted by molar-refractivity contribution is -0.138. The minimum absolute atomic E-state index is 0.0722. The topological polar surface area (TPSA) is 98.1 Å². The van der Waals surface area contributed by atoms with E-state index in [0.29, 0.717) is 23.0 Å². The molecule has 1 aliphatic rings. The molecule has 40 heavy (non-hydrogen) atoms. The van der Waals surface area contributed by atoms with Crippen molar-refractivity contribution < 1.29 is 27.5 Å². The fourth-order valence-electron chi connectivity index (χ4n) is 5.12. The molecule has 0 radical (unpaired) electrons. The summed E-state index contributed by atoms with van der Waals surface area (Å²) in [4.78, 5) is 28.2. The number of aromatic nitrogens is 3. The van der Waals surface area contributed by atoms with E-state index in [4.69, 9.17) is 4.74 Å². The summed E-state index contributed by atoms with van der Waals surface area (Å²) in [7, 11) is 0. The van der Waals surface area contributed by atoms with Gasteiger partial charge in [0.1, 0.15) is 5.82 Å². The number of esters is 1. The summed E-state index contributed by atoms with van der Waals surface area (Å²) in [6.45, 7) is 5.67. The van der Waals surface area contributed by atoms with E-state index < -0.39 is 23.6 Å². The van der Waals surface area contributed by atoms with Crippen molar-refractivity contribution in [3.63, 3.8) is 0 Å². The molecule has 1 aromatic carbocycles. The number of carbonyl (C=O) groups excluding carboxylic acids is 2. The number of alkyl halides is 3. The first kappa shape index (κ1) is 28.8.